The zero-order valence-electron chi connectivity index (χ0n) is 30.0. The van der Waals surface area contributed by atoms with E-state index in [0.29, 0.717) is 0 Å². The van der Waals surface area contributed by atoms with Crippen LogP contribution in [0.2, 0.25) is 0 Å². The molecule has 256 valence electrons. The predicted molar refractivity (Wildman–Crippen MR) is 233 cm³/mol. The van der Waals surface area contributed by atoms with Crippen molar-refractivity contribution >= 4 is 54.3 Å². The van der Waals surface area contributed by atoms with Crippen LogP contribution in [0.1, 0.15) is 0 Å². The van der Waals surface area contributed by atoms with Crippen LogP contribution < -0.4 is 0 Å². The van der Waals surface area contributed by atoms with E-state index in [1.165, 1.54) is 71.3 Å². The number of hydrogen-bond donors (Lipinski definition) is 0. The molecule has 0 fully saturated rings. The van der Waals surface area contributed by atoms with Crippen LogP contribution in [0.15, 0.2) is 211 Å². The van der Waals surface area contributed by atoms with Gasteiger partial charge >= 0.3 is 0 Å². The van der Waals surface area contributed by atoms with Crippen LogP contribution in [-0.4, -0.2) is 0 Å². The number of rotatable bonds is 5. The van der Waals surface area contributed by atoms with Gasteiger partial charge < -0.3 is 4.42 Å². The Bertz CT molecular complexity index is 3250. The van der Waals surface area contributed by atoms with E-state index < -0.39 is 0 Å². The minimum atomic E-state index is 0.891. The fourth-order valence-electron chi connectivity index (χ4n) is 8.46. The van der Waals surface area contributed by atoms with Gasteiger partial charge in [0.05, 0.1) is 0 Å². The molecule has 0 radical (unpaired) electrons. The highest BCUT2D eigenvalue weighted by Crippen LogP contribution is 2.45. The van der Waals surface area contributed by atoms with Gasteiger partial charge in [0.1, 0.15) is 11.2 Å². The monoisotopic (exact) mass is 698 g/mol. The van der Waals surface area contributed by atoms with Crippen LogP contribution in [0.4, 0.5) is 0 Å². The van der Waals surface area contributed by atoms with Gasteiger partial charge in [0.15, 0.2) is 0 Å². The predicted octanol–water partition coefficient (Wildman–Crippen LogP) is 15.4. The van der Waals surface area contributed by atoms with E-state index in [0.717, 1.165) is 38.6 Å². The molecule has 0 atom stereocenters. The summed E-state index contributed by atoms with van der Waals surface area (Å²) in [6, 6.07) is 74.9. The summed E-state index contributed by atoms with van der Waals surface area (Å²) in [7, 11) is 0. The maximum Gasteiger partial charge on any atom is 0.143 e. The molecule has 11 aromatic rings. The van der Waals surface area contributed by atoms with Crippen molar-refractivity contribution in [3.63, 3.8) is 0 Å². The summed E-state index contributed by atoms with van der Waals surface area (Å²) in [6.07, 6.45) is 0. The lowest BCUT2D eigenvalue weighted by molar-refractivity contribution is 0.670. The van der Waals surface area contributed by atoms with Crippen molar-refractivity contribution in [2.24, 2.45) is 0 Å². The Labute approximate surface area is 319 Å². The Kier molecular flexibility index (Phi) is 7.25. The topological polar surface area (TPSA) is 13.1 Å². The molecule has 0 saturated heterocycles. The summed E-state index contributed by atoms with van der Waals surface area (Å²) in [5.41, 5.74) is 13.6. The molecule has 0 aliphatic heterocycles. The molecule has 0 N–H and O–H groups in total. The average molecular weight is 699 g/mol. The summed E-state index contributed by atoms with van der Waals surface area (Å²) in [6.45, 7) is 0. The highest BCUT2D eigenvalue weighted by Gasteiger charge is 2.19. The number of hydrogen-bond acceptors (Lipinski definition) is 1. The van der Waals surface area contributed by atoms with Crippen LogP contribution in [0.5, 0.6) is 0 Å². The third-order valence-electron chi connectivity index (χ3n) is 11.2. The molecule has 1 aromatic heterocycles. The summed E-state index contributed by atoms with van der Waals surface area (Å²) in [5.74, 6) is 0. The summed E-state index contributed by atoms with van der Waals surface area (Å²) in [4.78, 5) is 0. The minimum Gasteiger partial charge on any atom is -0.455 e. The smallest absolute Gasteiger partial charge is 0.143 e. The molecule has 0 unspecified atom stereocenters. The van der Waals surface area contributed by atoms with Crippen LogP contribution in [0.25, 0.3) is 110 Å². The lowest BCUT2D eigenvalue weighted by atomic mass is 9.89. The van der Waals surface area contributed by atoms with Crippen molar-refractivity contribution in [1.29, 1.82) is 0 Å². The van der Waals surface area contributed by atoms with Crippen molar-refractivity contribution in [2.45, 2.75) is 0 Å². The lowest BCUT2D eigenvalue weighted by Crippen LogP contribution is -1.89. The second-order valence-corrected chi connectivity index (χ2v) is 14.5. The van der Waals surface area contributed by atoms with Crippen molar-refractivity contribution in [2.75, 3.05) is 0 Å². The van der Waals surface area contributed by atoms with Crippen molar-refractivity contribution < 1.29 is 4.42 Å². The number of furan rings is 1. The molecule has 0 aliphatic rings. The number of para-hydroxylation sites is 1. The highest BCUT2D eigenvalue weighted by atomic mass is 16.3. The van der Waals surface area contributed by atoms with Crippen LogP contribution in [0.3, 0.4) is 0 Å². The van der Waals surface area contributed by atoms with Gasteiger partial charge in [-0.25, -0.2) is 0 Å². The fourth-order valence-corrected chi connectivity index (χ4v) is 8.46. The molecule has 55 heavy (non-hydrogen) atoms. The van der Waals surface area contributed by atoms with Crippen LogP contribution in [-0.2, 0) is 0 Å². The average Bonchev–Trinajstić information content (AvgIpc) is 3.65. The highest BCUT2D eigenvalue weighted by molar-refractivity contribution is 6.18. The zero-order valence-corrected chi connectivity index (χ0v) is 30.0. The van der Waals surface area contributed by atoms with E-state index in [4.69, 9.17) is 4.42 Å². The molecule has 1 heterocycles. The van der Waals surface area contributed by atoms with Gasteiger partial charge in [-0.05, 0) is 131 Å². The Morgan fingerprint density at radius 1 is 0.255 bits per heavy atom. The van der Waals surface area contributed by atoms with E-state index in [1.54, 1.807) is 0 Å². The van der Waals surface area contributed by atoms with Gasteiger partial charge in [0.25, 0.3) is 0 Å². The van der Waals surface area contributed by atoms with Gasteiger partial charge in [-0.15, -0.1) is 0 Å². The molecule has 1 heteroatoms. The Morgan fingerprint density at radius 3 is 1.53 bits per heavy atom. The first-order chi connectivity index (χ1) is 27.2. The van der Waals surface area contributed by atoms with E-state index >= 15 is 0 Å². The molecule has 0 saturated carbocycles. The van der Waals surface area contributed by atoms with Gasteiger partial charge in [-0.3, -0.25) is 0 Å². The SMILES string of the molecule is c1ccc(-c2ccc3cc(-c4cc(-c5ccc6ccccc6c5)cc(-c5ccc(-c6cccc7ccccc67)c6oc7ccccc7c56)c4)ccc3c2)cc1. The molecular formula is C54H34O. The summed E-state index contributed by atoms with van der Waals surface area (Å²) >= 11 is 0. The third-order valence-corrected chi connectivity index (χ3v) is 11.2. The molecular weight excluding hydrogens is 665 g/mol. The first kappa shape index (κ1) is 31.3. The van der Waals surface area contributed by atoms with Crippen LogP contribution >= 0.6 is 0 Å². The quantitative estimate of drug-likeness (QED) is 0.174. The van der Waals surface area contributed by atoms with Gasteiger partial charge in [0, 0.05) is 16.3 Å². The molecule has 11 rings (SSSR count). The van der Waals surface area contributed by atoms with Gasteiger partial charge in [-0.2, -0.15) is 0 Å². The zero-order chi connectivity index (χ0) is 36.3. The Balaban J connectivity index is 1.14. The Morgan fingerprint density at radius 2 is 0.782 bits per heavy atom. The first-order valence-electron chi connectivity index (χ1n) is 18.9. The van der Waals surface area contributed by atoms with E-state index in [2.05, 4.69) is 206 Å². The van der Waals surface area contributed by atoms with Gasteiger partial charge in [0.2, 0.25) is 0 Å². The fraction of sp³-hybridized carbons (Fsp3) is 0. The molecule has 10 aromatic carbocycles. The second kappa shape index (κ2) is 12.7. The molecule has 0 aliphatic carbocycles. The third kappa shape index (κ3) is 5.40. The second-order valence-electron chi connectivity index (χ2n) is 14.5. The molecule has 1 nitrogen and oxygen atoms in total. The molecule has 0 bridgehead atoms. The maximum absolute atomic E-state index is 6.82. The minimum absolute atomic E-state index is 0.891. The lowest BCUT2D eigenvalue weighted by Gasteiger charge is -2.15. The van der Waals surface area contributed by atoms with E-state index in [1.807, 2.05) is 0 Å². The number of benzene rings is 10. The van der Waals surface area contributed by atoms with Crippen LogP contribution in [0, 0.1) is 0 Å². The normalized spacial score (nSPS) is 11.6. The molecule has 0 amide bonds. The van der Waals surface area contributed by atoms with E-state index in [-0.39, 0.29) is 0 Å². The van der Waals surface area contributed by atoms with Crippen molar-refractivity contribution in [3.05, 3.63) is 206 Å². The van der Waals surface area contributed by atoms with Crippen molar-refractivity contribution in [3.8, 4) is 55.6 Å². The first-order valence-corrected chi connectivity index (χ1v) is 18.9. The summed E-state index contributed by atoms with van der Waals surface area (Å²) < 4.78 is 6.82. The molecule has 0 spiro atoms. The summed E-state index contributed by atoms with van der Waals surface area (Å²) in [5, 5.41) is 9.60. The maximum atomic E-state index is 6.82. The largest absolute Gasteiger partial charge is 0.455 e. The van der Waals surface area contributed by atoms with Gasteiger partial charge in [-0.1, -0.05) is 158 Å². The standard InChI is InChI=1S/C54H34O/c1-2-11-35(12-3-1)39-23-24-41-31-43(26-25-40(41)30-39)45-32-44(42-22-21-36-13-4-5-15-38(36)29-42)33-46(34-45)48-27-28-50(49-19-10-16-37-14-6-7-17-47(37)49)54-53(48)51-18-8-9-20-52(51)55-54/h1-34H. The van der Waals surface area contributed by atoms with E-state index in [9.17, 15) is 0 Å². The Hall–Kier alpha value is -7.22. The van der Waals surface area contributed by atoms with Crippen molar-refractivity contribution in [1.82, 2.24) is 0 Å². The number of fused-ring (bicyclic) bond motifs is 6.